The van der Waals surface area contributed by atoms with E-state index in [9.17, 15) is 4.39 Å². The van der Waals surface area contributed by atoms with Gasteiger partial charge in [0.25, 0.3) is 0 Å². The van der Waals surface area contributed by atoms with Gasteiger partial charge in [-0.25, -0.2) is 4.98 Å². The minimum Gasteiger partial charge on any atom is -0.389 e. The van der Waals surface area contributed by atoms with Crippen LogP contribution in [0.15, 0.2) is 6.20 Å². The second-order valence-electron chi connectivity index (χ2n) is 2.30. The molecule has 0 aliphatic carbocycles. The standard InChI is InChI=1S/C7H6Cl2FNO/c1-3(12)5-4(8)2-11-7(10)6(5)9/h2-3,12H,1H3. The number of nitrogens with zero attached hydrogens (tertiary/aromatic N) is 1. The van der Waals surface area contributed by atoms with E-state index >= 15 is 0 Å². The molecule has 1 aromatic heterocycles. The quantitative estimate of drug-likeness (QED) is 0.722. The molecule has 66 valence electrons. The number of hydrogen-bond acceptors (Lipinski definition) is 2. The molecule has 12 heavy (non-hydrogen) atoms. The Morgan fingerprint density at radius 1 is 1.58 bits per heavy atom. The average molecular weight is 210 g/mol. The summed E-state index contributed by atoms with van der Waals surface area (Å²) in [7, 11) is 0. The highest BCUT2D eigenvalue weighted by molar-refractivity contribution is 6.35. The Bertz CT molecular complexity index is 304. The molecule has 0 fully saturated rings. The van der Waals surface area contributed by atoms with Crippen LogP contribution in [0.4, 0.5) is 4.39 Å². The molecule has 1 heterocycles. The maximum atomic E-state index is 12.7. The molecule has 0 aliphatic rings. The normalized spacial score (nSPS) is 13.1. The van der Waals surface area contributed by atoms with Crippen LogP contribution in [0, 0.1) is 5.95 Å². The van der Waals surface area contributed by atoms with Crippen molar-refractivity contribution in [1.82, 2.24) is 4.98 Å². The van der Waals surface area contributed by atoms with E-state index in [0.29, 0.717) is 0 Å². The lowest BCUT2D eigenvalue weighted by Crippen LogP contribution is -1.97. The Morgan fingerprint density at radius 2 is 2.17 bits per heavy atom. The molecule has 0 saturated heterocycles. The molecule has 0 saturated carbocycles. The van der Waals surface area contributed by atoms with Gasteiger partial charge in [0, 0.05) is 11.8 Å². The van der Waals surface area contributed by atoms with Gasteiger partial charge in [-0.3, -0.25) is 0 Å². The van der Waals surface area contributed by atoms with Crippen molar-refractivity contribution in [2.24, 2.45) is 0 Å². The van der Waals surface area contributed by atoms with Gasteiger partial charge in [0.2, 0.25) is 5.95 Å². The van der Waals surface area contributed by atoms with Crippen molar-refractivity contribution in [3.63, 3.8) is 0 Å². The summed E-state index contributed by atoms with van der Waals surface area (Å²) < 4.78 is 12.7. The number of aromatic nitrogens is 1. The molecule has 1 atom stereocenters. The van der Waals surface area contributed by atoms with E-state index in [1.165, 1.54) is 6.92 Å². The van der Waals surface area contributed by atoms with Crippen molar-refractivity contribution >= 4 is 23.2 Å². The lowest BCUT2D eigenvalue weighted by Gasteiger charge is -2.08. The van der Waals surface area contributed by atoms with E-state index in [1.54, 1.807) is 0 Å². The summed E-state index contributed by atoms with van der Waals surface area (Å²) in [5.74, 6) is -0.822. The van der Waals surface area contributed by atoms with E-state index in [2.05, 4.69) is 4.98 Å². The van der Waals surface area contributed by atoms with E-state index in [4.69, 9.17) is 28.3 Å². The van der Waals surface area contributed by atoms with Crippen LogP contribution >= 0.6 is 23.2 Å². The van der Waals surface area contributed by atoms with Gasteiger partial charge in [0.1, 0.15) is 5.02 Å². The predicted octanol–water partition coefficient (Wildman–Crippen LogP) is 2.58. The van der Waals surface area contributed by atoms with Crippen molar-refractivity contribution in [1.29, 1.82) is 0 Å². The molecule has 2 nitrogen and oxygen atoms in total. The van der Waals surface area contributed by atoms with Crippen molar-refractivity contribution < 1.29 is 9.50 Å². The number of pyridine rings is 1. The molecule has 0 aliphatic heterocycles. The third-order valence-corrected chi connectivity index (χ3v) is 2.04. The second-order valence-corrected chi connectivity index (χ2v) is 3.09. The van der Waals surface area contributed by atoms with Crippen molar-refractivity contribution in [3.8, 4) is 0 Å². The Labute approximate surface area is 78.9 Å². The fourth-order valence-electron chi connectivity index (χ4n) is 0.838. The van der Waals surface area contributed by atoms with Gasteiger partial charge in [0.05, 0.1) is 11.1 Å². The van der Waals surface area contributed by atoms with Crippen LogP contribution in [-0.2, 0) is 0 Å². The van der Waals surface area contributed by atoms with Crippen molar-refractivity contribution in [2.45, 2.75) is 13.0 Å². The Hall–Kier alpha value is -0.380. The highest BCUT2D eigenvalue weighted by Gasteiger charge is 2.15. The third-order valence-electron chi connectivity index (χ3n) is 1.38. The molecule has 0 bridgehead atoms. The summed E-state index contributed by atoms with van der Waals surface area (Å²) in [6.45, 7) is 1.45. The van der Waals surface area contributed by atoms with E-state index in [1.807, 2.05) is 0 Å². The summed E-state index contributed by atoms with van der Waals surface area (Å²) in [4.78, 5) is 3.28. The molecule has 1 unspecified atom stereocenters. The molecule has 0 spiro atoms. The molecule has 0 amide bonds. The monoisotopic (exact) mass is 209 g/mol. The first-order valence-electron chi connectivity index (χ1n) is 3.21. The summed E-state index contributed by atoms with van der Waals surface area (Å²) in [6.07, 6.45) is 0.215. The van der Waals surface area contributed by atoms with E-state index in [0.717, 1.165) is 6.20 Å². The zero-order valence-corrected chi connectivity index (χ0v) is 7.69. The first-order valence-corrected chi connectivity index (χ1v) is 3.97. The number of aliphatic hydroxyl groups is 1. The molecule has 0 aromatic carbocycles. The number of halogens is 3. The van der Waals surface area contributed by atoms with Crippen molar-refractivity contribution in [3.05, 3.63) is 27.8 Å². The van der Waals surface area contributed by atoms with Crippen LogP contribution in [0.5, 0.6) is 0 Å². The van der Waals surface area contributed by atoms with Gasteiger partial charge in [-0.2, -0.15) is 4.39 Å². The Kier molecular flexibility index (Phi) is 2.88. The maximum absolute atomic E-state index is 12.7. The first-order chi connectivity index (χ1) is 5.54. The van der Waals surface area contributed by atoms with Crippen LogP contribution in [0.2, 0.25) is 10.0 Å². The Morgan fingerprint density at radius 3 is 2.58 bits per heavy atom. The summed E-state index contributed by atoms with van der Waals surface area (Å²) in [5, 5.41) is 9.09. The summed E-state index contributed by atoms with van der Waals surface area (Å²) in [5.41, 5.74) is 0.172. The van der Waals surface area contributed by atoms with Gasteiger partial charge in [-0.1, -0.05) is 23.2 Å². The summed E-state index contributed by atoms with van der Waals surface area (Å²) in [6, 6.07) is 0. The zero-order valence-electron chi connectivity index (χ0n) is 6.18. The maximum Gasteiger partial charge on any atom is 0.232 e. The van der Waals surface area contributed by atoms with Gasteiger partial charge in [-0.15, -0.1) is 0 Å². The molecule has 0 radical (unpaired) electrons. The number of rotatable bonds is 1. The highest BCUT2D eigenvalue weighted by atomic mass is 35.5. The minimum atomic E-state index is -0.900. The van der Waals surface area contributed by atoms with Gasteiger partial charge in [-0.05, 0) is 6.92 Å². The van der Waals surface area contributed by atoms with Crippen LogP contribution in [0.3, 0.4) is 0 Å². The van der Waals surface area contributed by atoms with Crippen LogP contribution in [0.25, 0.3) is 0 Å². The number of hydrogen-bond donors (Lipinski definition) is 1. The molecular weight excluding hydrogens is 204 g/mol. The first kappa shape index (κ1) is 9.71. The molecule has 1 aromatic rings. The third kappa shape index (κ3) is 1.68. The molecular formula is C7H6Cl2FNO. The second kappa shape index (κ2) is 3.56. The van der Waals surface area contributed by atoms with Crippen LogP contribution in [0.1, 0.15) is 18.6 Å². The van der Waals surface area contributed by atoms with Crippen LogP contribution in [-0.4, -0.2) is 10.1 Å². The topological polar surface area (TPSA) is 33.1 Å². The summed E-state index contributed by atoms with van der Waals surface area (Å²) >= 11 is 11.1. The van der Waals surface area contributed by atoms with Crippen molar-refractivity contribution in [2.75, 3.05) is 0 Å². The van der Waals surface area contributed by atoms with Crippen LogP contribution < -0.4 is 0 Å². The van der Waals surface area contributed by atoms with Gasteiger partial charge >= 0.3 is 0 Å². The Balaban J connectivity index is 3.33. The lowest BCUT2D eigenvalue weighted by atomic mass is 10.2. The average Bonchev–Trinajstić information content (AvgIpc) is 1.97. The van der Waals surface area contributed by atoms with Gasteiger partial charge in [0.15, 0.2) is 0 Å². The zero-order chi connectivity index (χ0) is 9.30. The van der Waals surface area contributed by atoms with E-state index < -0.39 is 12.1 Å². The predicted molar refractivity (Wildman–Crippen MR) is 44.8 cm³/mol. The minimum absolute atomic E-state index is 0.163. The lowest BCUT2D eigenvalue weighted by molar-refractivity contribution is 0.199. The van der Waals surface area contributed by atoms with E-state index in [-0.39, 0.29) is 15.6 Å². The number of aliphatic hydroxyl groups excluding tert-OH is 1. The highest BCUT2D eigenvalue weighted by Crippen LogP contribution is 2.30. The smallest absolute Gasteiger partial charge is 0.232 e. The van der Waals surface area contributed by atoms with Gasteiger partial charge < -0.3 is 5.11 Å². The largest absolute Gasteiger partial charge is 0.389 e. The molecule has 5 heteroatoms. The molecule has 1 rings (SSSR count). The fraction of sp³-hybridized carbons (Fsp3) is 0.286. The SMILES string of the molecule is CC(O)c1c(Cl)cnc(F)c1Cl. The molecule has 1 N–H and O–H groups in total. The fourth-order valence-corrected chi connectivity index (χ4v) is 1.50.